The topological polar surface area (TPSA) is 53.9 Å². The minimum absolute atomic E-state index is 0.187. The van der Waals surface area contributed by atoms with Crippen LogP contribution in [0.25, 0.3) is 11.4 Å². The SMILES string of the molecule is C#CC#CC#CC(C#CC#CC#C)=Nc1n[nH]c(-c2ccccc2)n1. The molecule has 25 heavy (non-hydrogen) atoms. The number of benzene rings is 1. The van der Waals surface area contributed by atoms with Gasteiger partial charge in [0.15, 0.2) is 11.5 Å². The summed E-state index contributed by atoms with van der Waals surface area (Å²) in [7, 11) is 0. The van der Waals surface area contributed by atoms with E-state index in [4.69, 9.17) is 12.8 Å². The second-order valence-corrected chi connectivity index (χ2v) is 4.10. The van der Waals surface area contributed by atoms with Crippen LogP contribution in [0.4, 0.5) is 5.95 Å². The number of hydrogen-bond acceptors (Lipinski definition) is 3. The summed E-state index contributed by atoms with van der Waals surface area (Å²) in [6, 6.07) is 9.52. The highest BCUT2D eigenvalue weighted by molar-refractivity contribution is 6.14. The number of rotatable bonds is 2. The molecule has 0 aliphatic rings. The van der Waals surface area contributed by atoms with Gasteiger partial charge in [0.1, 0.15) is 0 Å². The standard InChI is InChI=1S/C21H8N4/c1-3-5-7-12-16-19(17-13-8-6-4-2)22-21-23-20(24-25-21)18-14-10-9-11-15-18/h1-2,9-11,14-15H,(H,23,24,25). The van der Waals surface area contributed by atoms with Gasteiger partial charge in [-0.2, -0.15) is 9.98 Å². The monoisotopic (exact) mass is 316 g/mol. The van der Waals surface area contributed by atoms with Gasteiger partial charge in [-0.1, -0.05) is 30.3 Å². The van der Waals surface area contributed by atoms with Crippen molar-refractivity contribution in [1.29, 1.82) is 0 Å². The first-order chi connectivity index (χ1) is 12.3. The predicted octanol–water partition coefficient (Wildman–Crippen LogP) is 1.82. The zero-order valence-corrected chi connectivity index (χ0v) is 12.9. The third kappa shape index (κ3) is 5.59. The molecule has 0 aliphatic heterocycles. The lowest BCUT2D eigenvalue weighted by atomic mass is 10.2. The lowest BCUT2D eigenvalue weighted by Crippen LogP contribution is -1.89. The number of terminal acetylenes is 2. The number of aromatic amines is 1. The Bertz CT molecular complexity index is 1070. The van der Waals surface area contributed by atoms with Crippen molar-refractivity contribution in [3.05, 3.63) is 30.3 Å². The van der Waals surface area contributed by atoms with Crippen molar-refractivity contribution in [2.45, 2.75) is 0 Å². The molecule has 2 aromatic rings. The number of H-pyrrole nitrogens is 1. The largest absolute Gasteiger partial charge is 0.270 e. The van der Waals surface area contributed by atoms with Crippen LogP contribution in [0.5, 0.6) is 0 Å². The molecule has 0 saturated heterocycles. The zero-order valence-electron chi connectivity index (χ0n) is 12.9. The van der Waals surface area contributed by atoms with Gasteiger partial charge in [-0.25, -0.2) is 0 Å². The Morgan fingerprint density at radius 3 is 2.12 bits per heavy atom. The van der Waals surface area contributed by atoms with E-state index in [9.17, 15) is 0 Å². The van der Waals surface area contributed by atoms with Crippen LogP contribution in [-0.2, 0) is 0 Å². The Hall–Kier alpha value is -4.61. The summed E-state index contributed by atoms with van der Waals surface area (Å²) in [4.78, 5) is 8.46. The number of nitrogens with one attached hydrogen (secondary N) is 1. The van der Waals surface area contributed by atoms with E-state index in [0.29, 0.717) is 5.82 Å². The number of aromatic nitrogens is 3. The fourth-order valence-corrected chi connectivity index (χ4v) is 1.53. The second-order valence-electron chi connectivity index (χ2n) is 4.10. The van der Waals surface area contributed by atoms with Crippen LogP contribution in [0.3, 0.4) is 0 Å². The summed E-state index contributed by atoms with van der Waals surface area (Å²) in [5.41, 5.74) is 1.08. The molecule has 0 bridgehead atoms. The van der Waals surface area contributed by atoms with Gasteiger partial charge in [0, 0.05) is 5.56 Å². The van der Waals surface area contributed by atoms with Gasteiger partial charge in [-0.15, -0.1) is 17.9 Å². The molecule has 0 spiro atoms. The minimum atomic E-state index is 0.187. The Kier molecular flexibility index (Phi) is 6.31. The first-order valence-corrected chi connectivity index (χ1v) is 6.83. The summed E-state index contributed by atoms with van der Waals surface area (Å²) >= 11 is 0. The Morgan fingerprint density at radius 2 is 1.52 bits per heavy atom. The van der Waals surface area contributed by atoms with E-state index in [1.54, 1.807) is 0 Å². The number of aliphatic imine (C=N–C) groups is 1. The van der Waals surface area contributed by atoms with E-state index in [0.717, 1.165) is 5.56 Å². The molecule has 1 N–H and O–H groups in total. The van der Waals surface area contributed by atoms with E-state index in [1.165, 1.54) is 0 Å². The summed E-state index contributed by atoms with van der Waals surface area (Å²) in [5, 5.41) is 6.83. The molecule has 0 radical (unpaired) electrons. The van der Waals surface area contributed by atoms with E-state index in [1.807, 2.05) is 30.3 Å². The van der Waals surface area contributed by atoms with Crippen molar-refractivity contribution in [2.75, 3.05) is 0 Å². The van der Waals surface area contributed by atoms with Gasteiger partial charge in [-0.05, 0) is 59.2 Å². The van der Waals surface area contributed by atoms with Crippen LogP contribution in [0.15, 0.2) is 35.3 Å². The van der Waals surface area contributed by atoms with Crippen LogP contribution in [0, 0.1) is 72.1 Å². The minimum Gasteiger partial charge on any atom is -0.257 e. The van der Waals surface area contributed by atoms with Crippen molar-refractivity contribution in [3.8, 4) is 83.4 Å². The second kappa shape index (κ2) is 9.42. The number of nitrogens with zero attached hydrogens (tertiary/aromatic N) is 3. The summed E-state index contributed by atoms with van der Waals surface area (Å²) < 4.78 is 0. The van der Waals surface area contributed by atoms with Gasteiger partial charge >= 0.3 is 0 Å². The zero-order chi connectivity index (χ0) is 17.7. The fourth-order valence-electron chi connectivity index (χ4n) is 1.53. The molecule has 112 valence electrons. The lowest BCUT2D eigenvalue weighted by Gasteiger charge is -1.92. The molecule has 1 aromatic carbocycles. The van der Waals surface area contributed by atoms with E-state index < -0.39 is 0 Å². The molecule has 4 heteroatoms. The normalized spacial score (nSPS) is 7.44. The van der Waals surface area contributed by atoms with Crippen LogP contribution >= 0.6 is 0 Å². The molecular formula is C21H8N4. The quantitative estimate of drug-likeness (QED) is 0.679. The summed E-state index contributed by atoms with van der Waals surface area (Å²) in [6.45, 7) is 0. The molecular weight excluding hydrogens is 308 g/mol. The van der Waals surface area contributed by atoms with Crippen LogP contribution < -0.4 is 0 Å². The lowest BCUT2D eigenvalue weighted by molar-refractivity contribution is 1.09. The van der Waals surface area contributed by atoms with Gasteiger partial charge in [0.05, 0.1) is 0 Å². The molecule has 0 atom stereocenters. The molecule has 0 unspecified atom stereocenters. The van der Waals surface area contributed by atoms with E-state index in [-0.39, 0.29) is 11.7 Å². The van der Waals surface area contributed by atoms with Crippen molar-refractivity contribution >= 4 is 11.7 Å². The fraction of sp³-hybridized carbons (Fsp3) is 0. The maximum atomic E-state index is 5.03. The molecule has 0 fully saturated rings. The molecule has 4 nitrogen and oxygen atoms in total. The Labute approximate surface area is 146 Å². The van der Waals surface area contributed by atoms with Crippen molar-refractivity contribution in [1.82, 2.24) is 15.2 Å². The highest BCUT2D eigenvalue weighted by Crippen LogP contribution is 2.16. The molecule has 1 aromatic heterocycles. The smallest absolute Gasteiger partial charge is 0.257 e. The average Bonchev–Trinajstić information content (AvgIpc) is 3.11. The van der Waals surface area contributed by atoms with Crippen LogP contribution in [0.2, 0.25) is 0 Å². The predicted molar refractivity (Wildman–Crippen MR) is 97.7 cm³/mol. The maximum absolute atomic E-state index is 5.03. The molecule has 0 amide bonds. The van der Waals surface area contributed by atoms with E-state index >= 15 is 0 Å². The maximum Gasteiger partial charge on any atom is 0.270 e. The molecule has 0 aliphatic carbocycles. The van der Waals surface area contributed by atoms with Crippen molar-refractivity contribution in [3.63, 3.8) is 0 Å². The summed E-state index contributed by atoms with van der Waals surface area (Å²) in [5.74, 6) is 25.2. The van der Waals surface area contributed by atoms with Crippen LogP contribution in [-0.4, -0.2) is 20.9 Å². The summed E-state index contributed by atoms with van der Waals surface area (Å²) in [6.07, 6.45) is 10.1. The van der Waals surface area contributed by atoms with Crippen molar-refractivity contribution < 1.29 is 0 Å². The first kappa shape index (κ1) is 16.8. The molecule has 1 heterocycles. The van der Waals surface area contributed by atoms with Crippen LogP contribution in [0.1, 0.15) is 0 Å². The van der Waals surface area contributed by atoms with Gasteiger partial charge in [-0.3, -0.25) is 5.10 Å². The molecule has 0 saturated carbocycles. The first-order valence-electron chi connectivity index (χ1n) is 6.83. The van der Waals surface area contributed by atoms with E-state index in [2.05, 4.69) is 79.4 Å². The van der Waals surface area contributed by atoms with Gasteiger partial charge in [0.25, 0.3) is 5.95 Å². The third-order valence-corrected chi connectivity index (χ3v) is 2.49. The average molecular weight is 316 g/mol. The number of hydrogen-bond donors (Lipinski definition) is 1. The van der Waals surface area contributed by atoms with Gasteiger partial charge in [0.2, 0.25) is 0 Å². The Morgan fingerprint density at radius 1 is 0.880 bits per heavy atom. The third-order valence-electron chi connectivity index (χ3n) is 2.49. The highest BCUT2D eigenvalue weighted by atomic mass is 15.3. The molecule has 2 rings (SSSR count). The van der Waals surface area contributed by atoms with Crippen molar-refractivity contribution in [2.24, 2.45) is 4.99 Å². The highest BCUT2D eigenvalue weighted by Gasteiger charge is 2.04. The van der Waals surface area contributed by atoms with Gasteiger partial charge < -0.3 is 0 Å². The Balaban J connectivity index is 2.34.